The summed E-state index contributed by atoms with van der Waals surface area (Å²) < 4.78 is 92.4. The minimum atomic E-state index is -5.35. The number of amides is 3. The minimum Gasteiger partial charge on any atom is -0.399 e. The molecule has 9 aromatic rings. The molecule has 0 bridgehead atoms. The van der Waals surface area contributed by atoms with Crippen molar-refractivity contribution >= 4 is 155 Å². The molecule has 0 unspecified atom stereocenters. The van der Waals surface area contributed by atoms with E-state index >= 15 is 0 Å². The fraction of sp³-hybridized carbons (Fsp3) is 0.630. The number of aromatic amines is 1. The van der Waals surface area contributed by atoms with Crippen molar-refractivity contribution in [2.24, 2.45) is 23.5 Å². The van der Waals surface area contributed by atoms with Crippen LogP contribution in [-0.2, 0) is 80.0 Å². The third-order valence-electron chi connectivity index (χ3n) is 21.7. The maximum absolute atomic E-state index is 12.3. The summed E-state index contributed by atoms with van der Waals surface area (Å²) in [6, 6.07) is 0.659. The van der Waals surface area contributed by atoms with Gasteiger partial charge in [-0.15, -0.1) is 0 Å². The lowest BCUT2D eigenvalue weighted by Crippen LogP contribution is -2.41. The molecule has 5 N–H and O–H groups in total. The Labute approximate surface area is 705 Å². The van der Waals surface area contributed by atoms with Gasteiger partial charge in [-0.3, -0.25) is 33.0 Å². The zero-order chi connectivity index (χ0) is 84.0. The molecule has 3 amide bonds. The summed E-state index contributed by atoms with van der Waals surface area (Å²) in [5, 5.41) is 22.6. The molecular weight excluding hydrogens is 1770 g/mol. The maximum atomic E-state index is 12.3. The number of H-pyrrole nitrogens is 1. The van der Waals surface area contributed by atoms with Gasteiger partial charge in [0.1, 0.15) is 30.3 Å². The molecule has 34 nitrogen and oxygen atoms in total. The summed E-state index contributed by atoms with van der Waals surface area (Å²) in [5.41, 5.74) is 6.86. The highest BCUT2D eigenvalue weighted by molar-refractivity contribution is 14.1. The molecule has 5 aliphatic heterocycles. The maximum Gasteiger partial charge on any atom is 0.523 e. The quantitative estimate of drug-likeness (QED) is 0.0165. The first-order valence-corrected chi connectivity index (χ1v) is 43.3. The Kier molecular flexibility index (Phi) is 28.9. The summed E-state index contributed by atoms with van der Waals surface area (Å²) in [5.74, 6) is 4.26. The highest BCUT2D eigenvalue weighted by Gasteiger charge is 2.54. The third kappa shape index (κ3) is 21.3. The van der Waals surface area contributed by atoms with Gasteiger partial charge in [0.15, 0.2) is 52.4 Å². The topological polar surface area (TPSA) is 386 Å². The molecule has 116 heavy (non-hydrogen) atoms. The van der Waals surface area contributed by atoms with Crippen LogP contribution >= 0.6 is 56.8 Å². The number of aromatic nitrogens is 18. The zero-order valence-corrected chi connectivity index (χ0v) is 73.8. The number of likely N-dealkylation sites (tertiary alicyclic amines) is 3. The average molecular weight is 1880 g/mol. The van der Waals surface area contributed by atoms with Crippen LogP contribution in [0.2, 0.25) is 5.15 Å². The van der Waals surface area contributed by atoms with Crippen molar-refractivity contribution in [2.75, 3.05) is 56.5 Å². The predicted octanol–water partition coefficient (Wildman–Crippen LogP) is 8.87. The van der Waals surface area contributed by atoms with E-state index in [1.165, 1.54) is 6.33 Å². The van der Waals surface area contributed by atoms with Gasteiger partial charge in [-0.25, -0.2) is 44.9 Å². The van der Waals surface area contributed by atoms with Gasteiger partial charge in [0, 0.05) is 195 Å². The van der Waals surface area contributed by atoms with Crippen LogP contribution in [0, 0.1) is 25.4 Å². The van der Waals surface area contributed by atoms with E-state index in [0.717, 1.165) is 206 Å². The molecule has 5 saturated heterocycles. The Balaban J connectivity index is 0.000000138. The van der Waals surface area contributed by atoms with Crippen LogP contribution in [0.3, 0.4) is 0 Å². The van der Waals surface area contributed by atoms with Crippen LogP contribution in [0.1, 0.15) is 155 Å². The van der Waals surface area contributed by atoms with Crippen LogP contribution in [-0.4, -0.2) is 235 Å². The molecule has 3 atom stereocenters. The summed E-state index contributed by atoms with van der Waals surface area (Å²) in [4.78, 5) is 81.3. The minimum absolute atomic E-state index is 0.189. The van der Waals surface area contributed by atoms with Gasteiger partial charge in [-0.2, -0.15) is 36.9 Å². The molecule has 0 radical (unpaired) electrons. The molecule has 630 valence electrons. The van der Waals surface area contributed by atoms with Gasteiger partial charge in [-0.1, -0.05) is 11.6 Å². The normalized spacial score (nSPS) is 20.4. The van der Waals surface area contributed by atoms with E-state index in [1.807, 2.05) is 88.0 Å². The van der Waals surface area contributed by atoms with Crippen molar-refractivity contribution in [2.45, 2.75) is 233 Å². The zero-order valence-electron chi connectivity index (χ0n) is 67.9. The number of imidazole rings is 3. The molecule has 43 heteroatoms. The van der Waals surface area contributed by atoms with Crippen LogP contribution in [0.25, 0.3) is 44.9 Å². The van der Waals surface area contributed by atoms with E-state index in [2.05, 4.69) is 185 Å². The molecule has 8 aliphatic rings. The second-order valence-electron chi connectivity index (χ2n) is 31.3. The molecule has 3 aliphatic carbocycles. The highest BCUT2D eigenvalue weighted by Crippen LogP contribution is 2.40. The molecule has 0 aromatic carbocycles. The van der Waals surface area contributed by atoms with Gasteiger partial charge in [0.2, 0.25) is 17.7 Å². The number of halogens is 6. The van der Waals surface area contributed by atoms with E-state index in [9.17, 15) is 36.0 Å². The first kappa shape index (κ1) is 89.5. The second-order valence-corrected chi connectivity index (χ2v) is 35.2. The van der Waals surface area contributed by atoms with E-state index in [1.54, 1.807) is 25.0 Å². The van der Waals surface area contributed by atoms with Crippen LogP contribution < -0.4 is 27.3 Å². The highest BCUT2D eigenvalue weighted by atomic mass is 127. The van der Waals surface area contributed by atoms with Crippen molar-refractivity contribution in [1.82, 2.24) is 103 Å². The largest absolute Gasteiger partial charge is 0.523 e. The molecule has 8 fully saturated rings. The number of hydrogen-bond acceptors (Lipinski definition) is 25. The SMILES string of the molecule is CC1(C)OB(c2cn[nH]c2)OC1(C)C.CCOS(=O)(=O)C(F)(F)F.CCn1c(I)nc2c(Cl)ncnc21.CCn1c(I)nc2c(N[C@H]3CCN(C(=O)C4CC4)C3)ncnc21.CCn1cc(-c2nc3c(N[C@H]4CCN(C(=O)C5CC5)C4)ncnc3n2CC)cn1.CCn1cc(B2OC(C)(C)C(C)(C)O2)cn1.N[C@H]1CCN(C(=O)C2CC2)C1. The smallest absolute Gasteiger partial charge is 0.399 e. The molecule has 3 saturated carbocycles. The van der Waals surface area contributed by atoms with Crippen LogP contribution in [0.15, 0.2) is 56.2 Å². The fourth-order valence-corrected chi connectivity index (χ4v) is 15.4. The summed E-state index contributed by atoms with van der Waals surface area (Å²) in [6.45, 7) is 36.2. The fourth-order valence-electron chi connectivity index (χ4n) is 13.2. The number of carbonyl (C=O) groups excluding carboxylic acids is 3. The van der Waals surface area contributed by atoms with E-state index in [-0.39, 0.29) is 60.7 Å². The molecule has 9 aromatic heterocycles. The Hall–Kier alpha value is -7.33. The number of aryl methyl sites for hydroxylation is 5. The van der Waals surface area contributed by atoms with Crippen LogP contribution in [0.5, 0.6) is 0 Å². The number of fused-ring (bicyclic) bond motifs is 3. The molecule has 0 spiro atoms. The van der Waals surface area contributed by atoms with Crippen molar-refractivity contribution in [1.29, 1.82) is 0 Å². The third-order valence-corrected chi connectivity index (χ3v) is 24.8. The van der Waals surface area contributed by atoms with E-state index in [0.29, 0.717) is 40.2 Å². The number of nitrogens with two attached hydrogens (primary N) is 1. The lowest BCUT2D eigenvalue weighted by atomic mass is 9.82. The lowest BCUT2D eigenvalue weighted by Gasteiger charge is -2.32. The van der Waals surface area contributed by atoms with Crippen molar-refractivity contribution < 1.29 is 58.8 Å². The number of carbonyl (C=O) groups is 3. The number of rotatable bonds is 17. The lowest BCUT2D eigenvalue weighted by molar-refractivity contribution is -0.132. The number of nitrogens with one attached hydrogen (secondary N) is 3. The Morgan fingerprint density at radius 1 is 0.569 bits per heavy atom. The summed E-state index contributed by atoms with van der Waals surface area (Å²) in [7, 11) is -5.96. The summed E-state index contributed by atoms with van der Waals surface area (Å²) >= 11 is 10.2. The molecular formula is C73H104B2ClF3I2N24O10S. The average Bonchev–Trinajstić information content (AvgIpc) is 1.62. The van der Waals surface area contributed by atoms with Gasteiger partial charge in [0.05, 0.1) is 40.8 Å². The van der Waals surface area contributed by atoms with Crippen LogP contribution in [0.4, 0.5) is 24.8 Å². The first-order valence-electron chi connectivity index (χ1n) is 39.4. The number of alkyl halides is 3. The van der Waals surface area contributed by atoms with Gasteiger partial charge in [-0.05, 0) is 155 Å². The monoisotopic (exact) mass is 1880 g/mol. The second kappa shape index (κ2) is 37.5. The number of hydrogen-bond donors (Lipinski definition) is 4. The van der Waals surface area contributed by atoms with Crippen molar-refractivity contribution in [3.8, 4) is 11.4 Å². The Bertz CT molecular complexity index is 4950. The Morgan fingerprint density at radius 2 is 0.991 bits per heavy atom. The molecule has 17 rings (SSSR count). The van der Waals surface area contributed by atoms with E-state index < -0.39 is 22.2 Å². The van der Waals surface area contributed by atoms with Gasteiger partial charge in [0.25, 0.3) is 0 Å². The predicted molar refractivity (Wildman–Crippen MR) is 449 cm³/mol. The number of anilines is 2. The Morgan fingerprint density at radius 3 is 1.40 bits per heavy atom. The van der Waals surface area contributed by atoms with E-state index in [4.69, 9.17) is 40.9 Å². The summed E-state index contributed by atoms with van der Waals surface area (Å²) in [6.07, 6.45) is 25.1. The first-order chi connectivity index (χ1) is 54.9. The van der Waals surface area contributed by atoms with Gasteiger partial charge < -0.3 is 63.4 Å². The van der Waals surface area contributed by atoms with Crippen molar-refractivity contribution in [3.05, 3.63) is 69.0 Å². The van der Waals surface area contributed by atoms with Gasteiger partial charge >= 0.3 is 29.9 Å². The standard InChI is InChI=1S/C20H26N8O.C15H19IN6O.C11H19BN2O2.C9H15BN2O2.C8H14N2O.C7H6ClIN4.C3H5F3O3S/c1-3-27-10-14(9-23-27)18-25-16-17(21-12-22-19(16)28(18)4-2)24-15-7-8-26(11-15)20(29)13-5-6-13;1-2-22-13-11(20-15(22)16)12(17-8-18-13)19-10-5-6-21(7-10)14(23)9-3-4-9;1-6-14-8-9(7-13-14)12-15-10(2,3)11(4,5)16-12;1-8(2)9(3,4)14-10(13-8)7-5-11-12-6-7;9-7-3-4-10(5-7)8(11)6-1-2-6;1-2-13-6-4(12-7(13)9)5(8)10-3-11-6;1-2-9-10(7,8)3(4,5)6/h9-10,12-13,15H,3-8,11H2,1-2H3,(H,21,22,24);8-10H,2-7H2,1H3,(H,17,18,19);7-8H,6H2,1-5H3;5-6H,1-4H3,(H,11,12);6-7H,1-5,9H2;3H,2H2,1H3;2H2,1H3/t15-;10-;;;7-;;/m00..0../s1. The van der Waals surface area contributed by atoms with Crippen molar-refractivity contribution in [3.63, 3.8) is 0 Å². The molecule has 14 heterocycles. The number of nitrogens with zero attached hydrogens (tertiary/aromatic N) is 20.